The molecule has 28 heavy (non-hydrogen) atoms. The van der Waals surface area contributed by atoms with Gasteiger partial charge in [0.2, 0.25) is 0 Å². The third-order valence-corrected chi connectivity index (χ3v) is 5.14. The molecule has 2 atom stereocenters. The molecule has 1 fully saturated rings. The Morgan fingerprint density at radius 2 is 1.79 bits per heavy atom. The smallest absolute Gasteiger partial charge is 0.410 e. The van der Waals surface area contributed by atoms with Gasteiger partial charge in [0.05, 0.1) is 5.39 Å². The summed E-state index contributed by atoms with van der Waals surface area (Å²) in [7, 11) is 0. The number of piperazine rings is 1. The maximum atomic E-state index is 12.6. The SMILES string of the molecule is C[C@@H]1CN(c2ncnc3[nH]cc(C(C)(C)C)c23)[C@@H](C)CN1C(=O)OC(C)(C)C. The second-order valence-electron chi connectivity index (χ2n) is 9.86. The van der Waals surface area contributed by atoms with Crippen LogP contribution in [0, 0.1) is 0 Å². The standard InChI is InChI=1S/C21H33N5O2/c1-13-11-26(19(27)28-21(6,7)8)14(2)10-25(13)18-16-15(20(3,4)5)9-22-17(16)23-12-24-18/h9,12-14H,10-11H2,1-8H3,(H,22,23,24)/t13-,14+/m0/s1. The van der Waals surface area contributed by atoms with E-state index in [9.17, 15) is 4.79 Å². The quantitative estimate of drug-likeness (QED) is 0.798. The number of aromatic nitrogens is 3. The van der Waals surface area contributed by atoms with Gasteiger partial charge in [-0.25, -0.2) is 14.8 Å². The lowest BCUT2D eigenvalue weighted by atomic mass is 9.87. The third-order valence-electron chi connectivity index (χ3n) is 5.14. The Morgan fingerprint density at radius 1 is 1.11 bits per heavy atom. The van der Waals surface area contributed by atoms with Gasteiger partial charge >= 0.3 is 6.09 Å². The Balaban J connectivity index is 1.92. The predicted octanol–water partition coefficient (Wildman–Crippen LogP) is 4.09. The van der Waals surface area contributed by atoms with Gasteiger partial charge in [-0.3, -0.25) is 0 Å². The van der Waals surface area contributed by atoms with Gasteiger partial charge in [0, 0.05) is 31.4 Å². The summed E-state index contributed by atoms with van der Waals surface area (Å²) in [4.78, 5) is 29.1. The molecule has 1 amide bonds. The molecule has 0 bridgehead atoms. The van der Waals surface area contributed by atoms with E-state index in [2.05, 4.69) is 54.5 Å². The number of H-pyrrole nitrogens is 1. The number of rotatable bonds is 1. The summed E-state index contributed by atoms with van der Waals surface area (Å²) >= 11 is 0. The molecule has 1 aliphatic heterocycles. The second-order valence-corrected chi connectivity index (χ2v) is 9.86. The highest BCUT2D eigenvalue weighted by Crippen LogP contribution is 2.36. The fourth-order valence-electron chi connectivity index (χ4n) is 3.75. The fourth-order valence-corrected chi connectivity index (χ4v) is 3.75. The topological polar surface area (TPSA) is 74.4 Å². The first kappa shape index (κ1) is 20.4. The molecule has 0 unspecified atom stereocenters. The molecule has 7 heteroatoms. The number of aromatic amines is 1. The average Bonchev–Trinajstić information content (AvgIpc) is 2.99. The fraction of sp³-hybridized carbons (Fsp3) is 0.667. The molecule has 2 aromatic rings. The minimum absolute atomic E-state index is 0.0214. The number of amides is 1. The van der Waals surface area contributed by atoms with E-state index in [4.69, 9.17) is 4.74 Å². The molecule has 1 N–H and O–H groups in total. The highest BCUT2D eigenvalue weighted by atomic mass is 16.6. The van der Waals surface area contributed by atoms with Crippen molar-refractivity contribution in [1.82, 2.24) is 19.9 Å². The van der Waals surface area contributed by atoms with E-state index in [1.807, 2.05) is 31.9 Å². The number of nitrogens with zero attached hydrogens (tertiary/aromatic N) is 4. The normalized spacial score (nSPS) is 21.3. The highest BCUT2D eigenvalue weighted by molar-refractivity contribution is 5.92. The minimum atomic E-state index is -0.497. The first-order chi connectivity index (χ1) is 12.9. The van der Waals surface area contributed by atoms with Crippen LogP contribution in [-0.4, -0.2) is 56.7 Å². The minimum Gasteiger partial charge on any atom is -0.444 e. The Morgan fingerprint density at radius 3 is 2.39 bits per heavy atom. The number of carbonyl (C=O) groups excluding carboxylic acids is 1. The van der Waals surface area contributed by atoms with Crippen LogP contribution in [0.2, 0.25) is 0 Å². The number of ether oxygens (including phenoxy) is 1. The van der Waals surface area contributed by atoms with Crippen LogP contribution < -0.4 is 4.90 Å². The van der Waals surface area contributed by atoms with E-state index in [1.54, 1.807) is 6.33 Å². The van der Waals surface area contributed by atoms with Gasteiger partial charge in [-0.1, -0.05) is 20.8 Å². The van der Waals surface area contributed by atoms with Gasteiger partial charge in [-0.2, -0.15) is 0 Å². The van der Waals surface area contributed by atoms with Crippen LogP contribution in [0.4, 0.5) is 10.6 Å². The molecule has 7 nitrogen and oxygen atoms in total. The van der Waals surface area contributed by atoms with Crippen LogP contribution in [-0.2, 0) is 10.2 Å². The summed E-state index contributed by atoms with van der Waals surface area (Å²) < 4.78 is 5.60. The van der Waals surface area contributed by atoms with E-state index < -0.39 is 5.60 Å². The van der Waals surface area contributed by atoms with Crippen LogP contribution in [0.25, 0.3) is 11.0 Å². The number of fused-ring (bicyclic) bond motifs is 1. The van der Waals surface area contributed by atoms with Crippen molar-refractivity contribution in [1.29, 1.82) is 0 Å². The number of nitrogens with one attached hydrogen (secondary N) is 1. The molecule has 1 saturated heterocycles. The lowest BCUT2D eigenvalue weighted by molar-refractivity contribution is 0.0130. The van der Waals surface area contributed by atoms with Crippen LogP contribution in [0.15, 0.2) is 12.5 Å². The maximum absolute atomic E-state index is 12.6. The van der Waals surface area contributed by atoms with E-state index >= 15 is 0 Å². The van der Waals surface area contributed by atoms with Gasteiger partial charge in [0.15, 0.2) is 0 Å². The van der Waals surface area contributed by atoms with Crippen molar-refractivity contribution in [2.75, 3.05) is 18.0 Å². The number of hydrogen-bond acceptors (Lipinski definition) is 5. The predicted molar refractivity (Wildman–Crippen MR) is 112 cm³/mol. The highest BCUT2D eigenvalue weighted by Gasteiger charge is 2.36. The molecule has 2 aromatic heterocycles. The molecule has 0 saturated carbocycles. The molecule has 3 heterocycles. The van der Waals surface area contributed by atoms with Crippen LogP contribution in [0.3, 0.4) is 0 Å². The number of anilines is 1. The monoisotopic (exact) mass is 387 g/mol. The summed E-state index contributed by atoms with van der Waals surface area (Å²) in [5, 5.41) is 1.07. The van der Waals surface area contributed by atoms with Gasteiger partial charge in [-0.15, -0.1) is 0 Å². The molecular weight excluding hydrogens is 354 g/mol. The molecule has 0 aliphatic carbocycles. The zero-order chi connectivity index (χ0) is 20.9. The molecule has 3 rings (SSSR count). The molecule has 154 valence electrons. The van der Waals surface area contributed by atoms with Crippen molar-refractivity contribution in [3.8, 4) is 0 Å². The van der Waals surface area contributed by atoms with Crippen molar-refractivity contribution in [3.05, 3.63) is 18.1 Å². The average molecular weight is 388 g/mol. The first-order valence-electron chi connectivity index (χ1n) is 9.97. The Kier molecular flexibility index (Phi) is 5.06. The summed E-state index contributed by atoms with van der Waals surface area (Å²) in [5.41, 5.74) is 1.53. The van der Waals surface area contributed by atoms with Crippen molar-refractivity contribution in [2.24, 2.45) is 0 Å². The van der Waals surface area contributed by atoms with Crippen LogP contribution in [0.1, 0.15) is 61.0 Å². The molecule has 0 spiro atoms. The van der Waals surface area contributed by atoms with Gasteiger partial charge in [0.1, 0.15) is 23.4 Å². The Bertz CT molecular complexity index is 862. The van der Waals surface area contributed by atoms with Gasteiger partial charge in [0.25, 0.3) is 0 Å². The lowest BCUT2D eigenvalue weighted by Gasteiger charge is -2.45. The Labute approximate surface area is 167 Å². The number of hydrogen-bond donors (Lipinski definition) is 1. The van der Waals surface area contributed by atoms with Crippen LogP contribution >= 0.6 is 0 Å². The van der Waals surface area contributed by atoms with E-state index in [1.165, 1.54) is 5.56 Å². The summed E-state index contributed by atoms with van der Waals surface area (Å²) in [6, 6.07) is 0.137. The lowest BCUT2D eigenvalue weighted by Crippen LogP contribution is -2.59. The van der Waals surface area contributed by atoms with E-state index in [0.717, 1.165) is 16.9 Å². The van der Waals surface area contributed by atoms with Crippen LogP contribution in [0.5, 0.6) is 0 Å². The van der Waals surface area contributed by atoms with Crippen molar-refractivity contribution in [3.63, 3.8) is 0 Å². The van der Waals surface area contributed by atoms with Crippen molar-refractivity contribution in [2.45, 2.75) is 78.5 Å². The number of carbonyl (C=O) groups is 1. The molecule has 0 aromatic carbocycles. The zero-order valence-electron chi connectivity index (χ0n) is 18.3. The molecular formula is C21H33N5O2. The summed E-state index contributed by atoms with van der Waals surface area (Å²) in [6.07, 6.45) is 3.39. The van der Waals surface area contributed by atoms with Gasteiger partial charge in [-0.05, 0) is 45.6 Å². The van der Waals surface area contributed by atoms with Crippen molar-refractivity contribution < 1.29 is 9.53 Å². The molecule has 1 aliphatic rings. The first-order valence-corrected chi connectivity index (χ1v) is 9.97. The zero-order valence-corrected chi connectivity index (χ0v) is 18.3. The van der Waals surface area contributed by atoms with Gasteiger partial charge < -0.3 is 19.5 Å². The van der Waals surface area contributed by atoms with E-state index in [0.29, 0.717) is 13.1 Å². The summed E-state index contributed by atoms with van der Waals surface area (Å²) in [6.45, 7) is 17.7. The summed E-state index contributed by atoms with van der Waals surface area (Å²) in [5.74, 6) is 0.930. The second kappa shape index (κ2) is 6.94. The van der Waals surface area contributed by atoms with E-state index in [-0.39, 0.29) is 23.6 Å². The molecule has 0 radical (unpaired) electrons. The van der Waals surface area contributed by atoms with Crippen molar-refractivity contribution >= 4 is 22.9 Å². The third kappa shape index (κ3) is 3.93. The maximum Gasteiger partial charge on any atom is 0.410 e. The largest absolute Gasteiger partial charge is 0.444 e. The Hall–Kier alpha value is -2.31.